The second kappa shape index (κ2) is 13.6. The Morgan fingerprint density at radius 1 is 0.976 bits per heavy atom. The van der Waals surface area contributed by atoms with Gasteiger partial charge in [-0.2, -0.15) is 4.57 Å². The van der Waals surface area contributed by atoms with Crippen LogP contribution in [0, 0.1) is 0 Å². The number of allylic oxidation sites excluding steroid dienone is 6. The Morgan fingerprint density at radius 2 is 1.71 bits per heavy atom. The summed E-state index contributed by atoms with van der Waals surface area (Å²) >= 11 is 14.1. The van der Waals surface area contributed by atoms with Crippen LogP contribution in [0.4, 0.5) is 5.69 Å². The van der Waals surface area contributed by atoms with Crippen LogP contribution in [0.15, 0.2) is 78.4 Å². The molecule has 0 saturated heterocycles. The third-order valence-electron chi connectivity index (χ3n) is 7.42. The largest absolute Gasteiger partial charge is 0.496 e. The van der Waals surface area contributed by atoms with Crippen LogP contribution in [0.25, 0.3) is 16.3 Å². The summed E-state index contributed by atoms with van der Waals surface area (Å²) in [5.74, 6) is 1.85. The van der Waals surface area contributed by atoms with Crippen LogP contribution in [-0.4, -0.2) is 33.3 Å². The van der Waals surface area contributed by atoms with Crippen LogP contribution >= 0.6 is 58.2 Å². The summed E-state index contributed by atoms with van der Waals surface area (Å²) < 4.78 is 14.9. The first kappa shape index (κ1) is 30.5. The van der Waals surface area contributed by atoms with E-state index in [0.29, 0.717) is 0 Å². The van der Waals surface area contributed by atoms with Crippen LogP contribution in [0.1, 0.15) is 38.1 Å². The van der Waals surface area contributed by atoms with Gasteiger partial charge in [0, 0.05) is 28.6 Å². The van der Waals surface area contributed by atoms with E-state index < -0.39 is 0 Å². The highest BCUT2D eigenvalue weighted by Gasteiger charge is 2.26. The van der Waals surface area contributed by atoms with Gasteiger partial charge in [0.05, 0.1) is 40.8 Å². The van der Waals surface area contributed by atoms with Gasteiger partial charge >= 0.3 is 0 Å². The van der Waals surface area contributed by atoms with Gasteiger partial charge in [-0.3, -0.25) is 0 Å². The summed E-state index contributed by atoms with van der Waals surface area (Å²) in [6.45, 7) is 6.17. The third-order valence-corrected chi connectivity index (χ3v) is 11.6. The topological polar surface area (TPSA) is 25.6 Å². The van der Waals surface area contributed by atoms with Crippen molar-refractivity contribution < 1.29 is 14.0 Å². The minimum Gasteiger partial charge on any atom is -0.496 e. The number of hydrogen-bond acceptors (Lipinski definition) is 7. The monoisotopic (exact) mass is 643 g/mol. The zero-order valence-electron chi connectivity index (χ0n) is 24.4. The van der Waals surface area contributed by atoms with E-state index in [0.717, 1.165) is 58.7 Å². The van der Waals surface area contributed by atoms with E-state index in [1.54, 1.807) is 37.7 Å². The molecule has 9 heteroatoms. The number of aryl methyl sites for hydroxylation is 1. The molecule has 216 valence electrons. The first-order valence-electron chi connectivity index (χ1n) is 13.7. The number of thioether (sulfide) groups is 3. The highest BCUT2D eigenvalue weighted by atomic mass is 35.5. The smallest absolute Gasteiger partial charge is 0.262 e. The van der Waals surface area contributed by atoms with Crippen molar-refractivity contribution in [3.8, 4) is 11.5 Å². The molecule has 5 rings (SSSR count). The van der Waals surface area contributed by atoms with Gasteiger partial charge in [0.15, 0.2) is 0 Å². The summed E-state index contributed by atoms with van der Waals surface area (Å²) in [5.41, 5.74) is 4.82. The number of fused-ring (bicyclic) bond motifs is 2. The van der Waals surface area contributed by atoms with Crippen molar-refractivity contribution in [2.45, 2.75) is 54.3 Å². The number of halogens is 1. The van der Waals surface area contributed by atoms with Gasteiger partial charge in [0.25, 0.3) is 5.01 Å². The molecule has 1 aromatic heterocycles. The summed E-state index contributed by atoms with van der Waals surface area (Å²) in [4.78, 5) is 5.95. The van der Waals surface area contributed by atoms with Gasteiger partial charge in [0.1, 0.15) is 22.7 Å². The molecule has 0 N–H and O–H groups in total. The van der Waals surface area contributed by atoms with Crippen LogP contribution in [0.2, 0.25) is 0 Å². The predicted molar refractivity (Wildman–Crippen MR) is 182 cm³/mol. The minimum atomic E-state index is 0.884. The molecule has 1 aliphatic heterocycles. The molecule has 41 heavy (non-hydrogen) atoms. The zero-order valence-corrected chi connectivity index (χ0v) is 28.4. The lowest BCUT2D eigenvalue weighted by atomic mass is 9.94. The van der Waals surface area contributed by atoms with E-state index in [9.17, 15) is 0 Å². The Bertz CT molecular complexity index is 1590. The fraction of sp³-hybridized carbons (Fsp3) is 0.344. The Labute approximate surface area is 265 Å². The van der Waals surface area contributed by atoms with E-state index in [-0.39, 0.29) is 0 Å². The van der Waals surface area contributed by atoms with Crippen LogP contribution in [0.3, 0.4) is 0 Å². The molecule has 0 unspecified atom stereocenters. The highest BCUT2D eigenvalue weighted by Crippen LogP contribution is 2.50. The molecule has 2 heterocycles. The molecule has 0 fully saturated rings. The third kappa shape index (κ3) is 6.09. The summed E-state index contributed by atoms with van der Waals surface area (Å²) in [7, 11) is 3.48. The molecule has 0 saturated carbocycles. The fourth-order valence-electron chi connectivity index (χ4n) is 5.31. The van der Waals surface area contributed by atoms with Gasteiger partial charge in [-0.1, -0.05) is 46.9 Å². The van der Waals surface area contributed by atoms with E-state index in [4.69, 9.17) is 21.1 Å². The highest BCUT2D eigenvalue weighted by molar-refractivity contribution is 8.03. The summed E-state index contributed by atoms with van der Waals surface area (Å²) in [5, 5.41) is 3.32. The first-order valence-corrected chi connectivity index (χ1v) is 18.2. The molecule has 0 radical (unpaired) electrons. The summed E-state index contributed by atoms with van der Waals surface area (Å²) in [6, 6.07) is 8.81. The van der Waals surface area contributed by atoms with E-state index in [1.807, 2.05) is 23.1 Å². The number of benzene rings is 2. The van der Waals surface area contributed by atoms with Gasteiger partial charge in [-0.05, 0) is 75.0 Å². The lowest BCUT2D eigenvalue weighted by Gasteiger charge is -2.19. The number of ether oxygens (including phenoxy) is 2. The average Bonchev–Trinajstić information content (AvgIpc) is 3.53. The molecule has 0 spiro atoms. The molecule has 1 aliphatic carbocycles. The Kier molecular flexibility index (Phi) is 10.1. The van der Waals surface area contributed by atoms with Crippen molar-refractivity contribution in [1.29, 1.82) is 0 Å². The second-order valence-corrected chi connectivity index (χ2v) is 13.8. The number of nitrogens with zero attached hydrogens (tertiary/aromatic N) is 2. The van der Waals surface area contributed by atoms with Gasteiger partial charge in [0.2, 0.25) is 5.52 Å². The molecule has 0 atom stereocenters. The van der Waals surface area contributed by atoms with Crippen LogP contribution in [-0.2, 0) is 6.54 Å². The minimum absolute atomic E-state index is 0.884. The van der Waals surface area contributed by atoms with Crippen molar-refractivity contribution in [2.75, 3.05) is 38.2 Å². The quantitative estimate of drug-likeness (QED) is 0.170. The number of thiazole rings is 1. The normalized spacial score (nSPS) is 17.5. The number of aromatic nitrogens is 1. The SMILES string of the molecule is CCN1C(=CC=C2CCCC(C=Cc3sc4cc(SC)c(OC)cc4[n+]3CC)=C2Cl)Sc2cc(SC)c(OC)cc21. The van der Waals surface area contributed by atoms with E-state index in [1.165, 1.54) is 42.0 Å². The van der Waals surface area contributed by atoms with Gasteiger partial charge < -0.3 is 14.4 Å². The van der Waals surface area contributed by atoms with Crippen molar-refractivity contribution in [3.63, 3.8) is 0 Å². The molecule has 2 aromatic carbocycles. The van der Waals surface area contributed by atoms with Crippen molar-refractivity contribution >= 4 is 80.2 Å². The molecule has 3 aromatic rings. The fourth-order valence-corrected chi connectivity index (χ4v) is 9.23. The van der Waals surface area contributed by atoms with Crippen molar-refractivity contribution in [1.82, 2.24) is 0 Å². The number of hydrogen-bond donors (Lipinski definition) is 0. The van der Waals surface area contributed by atoms with E-state index >= 15 is 0 Å². The maximum Gasteiger partial charge on any atom is 0.262 e. The molecule has 2 aliphatic rings. The molecule has 0 amide bonds. The molecular weight excluding hydrogens is 608 g/mol. The lowest BCUT2D eigenvalue weighted by molar-refractivity contribution is -0.665. The standard InChI is InChI=1S/C32H36ClN2O2S4/c1-7-34-22-16-24(36-3)28(38-5)18-26(22)40-30(34)14-12-20-10-9-11-21(32(20)33)13-15-31-35(8-2)23-17-25(37-4)29(39-6)19-27(23)41-31/h12-19H,7-11H2,1-6H3/q+1. The van der Waals surface area contributed by atoms with Gasteiger partial charge in [-0.15, -0.1) is 23.5 Å². The average molecular weight is 644 g/mol. The second-order valence-electron chi connectivity index (χ2n) is 9.60. The lowest BCUT2D eigenvalue weighted by Crippen LogP contribution is -2.33. The van der Waals surface area contributed by atoms with Crippen LogP contribution < -0.4 is 18.9 Å². The number of anilines is 1. The Balaban J connectivity index is 1.43. The Hall–Kier alpha value is -1.97. The zero-order chi connectivity index (χ0) is 29.1. The van der Waals surface area contributed by atoms with E-state index in [2.05, 4.69) is 84.4 Å². The van der Waals surface area contributed by atoms with Gasteiger partial charge in [-0.25, -0.2) is 0 Å². The van der Waals surface area contributed by atoms with Crippen molar-refractivity contribution in [2.24, 2.45) is 0 Å². The van der Waals surface area contributed by atoms with Crippen LogP contribution in [0.5, 0.6) is 11.5 Å². The first-order chi connectivity index (χ1) is 20.0. The predicted octanol–water partition coefficient (Wildman–Crippen LogP) is 9.76. The molecule has 0 bridgehead atoms. The number of methoxy groups -OCH3 is 2. The number of rotatable bonds is 9. The molecule has 4 nitrogen and oxygen atoms in total. The molecular formula is C32H36ClN2O2S4+. The summed E-state index contributed by atoms with van der Waals surface area (Å²) in [6.07, 6.45) is 16.2. The maximum absolute atomic E-state index is 7.04. The maximum atomic E-state index is 7.04. The van der Waals surface area contributed by atoms with Crippen molar-refractivity contribution in [3.05, 3.63) is 68.7 Å². The Morgan fingerprint density at radius 3 is 2.39 bits per heavy atom.